The number of benzene rings is 4. The molecule has 0 aliphatic rings. The van der Waals surface area contributed by atoms with Crippen LogP contribution in [0.3, 0.4) is 0 Å². The van der Waals surface area contributed by atoms with Crippen LogP contribution in [0.1, 0.15) is 5.56 Å². The van der Waals surface area contributed by atoms with Crippen molar-refractivity contribution in [2.45, 2.75) is 11.1 Å². The van der Waals surface area contributed by atoms with Crippen LogP contribution in [-0.2, 0) is 6.16 Å². The molecule has 0 heterocycles. The molecule has 2 heteroatoms. The van der Waals surface area contributed by atoms with Gasteiger partial charge in [-0.15, -0.1) is 0 Å². The normalized spacial score (nSPS) is 11.9. The number of rotatable bonds is 5. The zero-order chi connectivity index (χ0) is 18.5. The van der Waals surface area contributed by atoms with Gasteiger partial charge >= 0.3 is 168 Å². The van der Waals surface area contributed by atoms with Crippen molar-refractivity contribution in [1.29, 1.82) is 0 Å². The van der Waals surface area contributed by atoms with Gasteiger partial charge in [-0.1, -0.05) is 0 Å². The van der Waals surface area contributed by atoms with Crippen LogP contribution in [0.2, 0.25) is 0 Å². The van der Waals surface area contributed by atoms with Gasteiger partial charge in [0.1, 0.15) is 0 Å². The van der Waals surface area contributed by atoms with Crippen molar-refractivity contribution in [3.05, 3.63) is 121 Å². The summed E-state index contributed by atoms with van der Waals surface area (Å²) in [5.74, 6) is 0. The van der Waals surface area contributed by atoms with Crippen LogP contribution >= 0.6 is 19.9 Å². The summed E-state index contributed by atoms with van der Waals surface area (Å²) in [6.07, 6.45) is 1.03. The molecule has 0 N–H and O–H groups in total. The molecule has 4 aromatic rings. The summed E-state index contributed by atoms with van der Waals surface area (Å²) in [6, 6.07) is 41.7. The molecule has 0 bridgehead atoms. The summed E-state index contributed by atoms with van der Waals surface area (Å²) in [4.78, 5) is 1.02. The third kappa shape index (κ3) is 3.72. The van der Waals surface area contributed by atoms with Crippen molar-refractivity contribution < 1.29 is 0 Å². The van der Waals surface area contributed by atoms with Crippen molar-refractivity contribution >= 4 is 35.8 Å². The second kappa shape index (κ2) is 8.13. The molecular formula is C25H23PS. The Labute approximate surface area is 167 Å². The fraction of sp³-hybridized carbons (Fsp3) is 0.0400. The molecule has 0 saturated heterocycles. The Balaban J connectivity index is 2.02. The molecule has 0 amide bonds. The van der Waals surface area contributed by atoms with E-state index in [0.29, 0.717) is 0 Å². The molecule has 0 unspecified atom stereocenters. The first-order chi connectivity index (χ1) is 13.3. The Kier molecular flexibility index (Phi) is 5.43. The van der Waals surface area contributed by atoms with E-state index in [-0.39, 0.29) is 0 Å². The average molecular weight is 387 g/mol. The zero-order valence-electron chi connectivity index (χ0n) is 15.1. The molecule has 0 spiro atoms. The molecule has 0 aliphatic heterocycles. The molecule has 0 aliphatic carbocycles. The summed E-state index contributed by atoms with van der Waals surface area (Å²) < 4.78 is 0. The Morgan fingerprint density at radius 1 is 0.519 bits per heavy atom. The van der Waals surface area contributed by atoms with Crippen LogP contribution < -0.4 is 15.9 Å². The topological polar surface area (TPSA) is 0 Å². The Bertz CT molecular complexity index is 958. The van der Waals surface area contributed by atoms with Gasteiger partial charge in [-0.05, 0) is 0 Å². The molecule has 0 atom stereocenters. The molecule has 4 aromatic carbocycles. The molecule has 0 fully saturated rings. The van der Waals surface area contributed by atoms with Gasteiger partial charge in [0.25, 0.3) is 0 Å². The molecule has 0 radical (unpaired) electrons. The van der Waals surface area contributed by atoms with E-state index < -0.39 is 7.26 Å². The number of hydrogen-bond acceptors (Lipinski definition) is 1. The zero-order valence-corrected chi connectivity index (χ0v) is 17.0. The first-order valence-electron chi connectivity index (χ1n) is 9.23. The van der Waals surface area contributed by atoms with Gasteiger partial charge in [-0.25, -0.2) is 0 Å². The minimum atomic E-state index is -2.24. The van der Waals surface area contributed by atoms with Crippen molar-refractivity contribution in [2.24, 2.45) is 0 Å². The maximum atomic E-state index is 4.66. The van der Waals surface area contributed by atoms with Gasteiger partial charge in [0.2, 0.25) is 0 Å². The molecule has 0 aromatic heterocycles. The summed E-state index contributed by atoms with van der Waals surface area (Å²) in [6.45, 7) is 0. The second-order valence-electron chi connectivity index (χ2n) is 6.85. The summed E-state index contributed by atoms with van der Waals surface area (Å²) in [5.41, 5.74) is 1.38. The Hall–Kier alpha value is -2.34. The fourth-order valence-corrected chi connectivity index (χ4v) is 9.04. The van der Waals surface area contributed by atoms with Gasteiger partial charge in [0, 0.05) is 0 Å². The molecule has 0 nitrogen and oxygen atoms in total. The van der Waals surface area contributed by atoms with Crippen molar-refractivity contribution in [1.82, 2.24) is 0 Å². The van der Waals surface area contributed by atoms with Gasteiger partial charge in [-0.2, -0.15) is 0 Å². The Morgan fingerprint density at radius 2 is 1.00 bits per heavy atom. The quantitative estimate of drug-likeness (QED) is 0.354. The van der Waals surface area contributed by atoms with Crippen molar-refractivity contribution in [2.75, 3.05) is 0 Å². The third-order valence-electron chi connectivity index (χ3n) is 5.18. The minimum absolute atomic E-state index is 1.02. The molecule has 4 rings (SSSR count). The van der Waals surface area contributed by atoms with Crippen LogP contribution in [-0.4, -0.2) is 0 Å². The van der Waals surface area contributed by atoms with Crippen molar-refractivity contribution in [3.8, 4) is 0 Å². The average Bonchev–Trinajstić information content (AvgIpc) is 2.74. The Morgan fingerprint density at radius 3 is 1.52 bits per heavy atom. The van der Waals surface area contributed by atoms with Gasteiger partial charge in [0.05, 0.1) is 0 Å². The summed E-state index contributed by atoms with van der Waals surface area (Å²) in [7, 11) is -2.24. The number of thiol groups is 1. The van der Waals surface area contributed by atoms with Crippen LogP contribution in [0.25, 0.3) is 0 Å². The molecule has 134 valence electrons. The van der Waals surface area contributed by atoms with E-state index in [0.717, 1.165) is 11.1 Å². The van der Waals surface area contributed by atoms with Gasteiger partial charge < -0.3 is 0 Å². The monoisotopic (exact) mass is 386 g/mol. The first kappa shape index (κ1) is 18.0. The summed E-state index contributed by atoms with van der Waals surface area (Å²) in [5, 5.41) is 4.26. The molecular weight excluding hydrogens is 363 g/mol. The van der Waals surface area contributed by atoms with Crippen LogP contribution in [0.15, 0.2) is 120 Å². The van der Waals surface area contributed by atoms with Crippen molar-refractivity contribution in [3.63, 3.8) is 0 Å². The van der Waals surface area contributed by atoms with E-state index in [4.69, 9.17) is 0 Å². The van der Waals surface area contributed by atoms with E-state index in [9.17, 15) is 0 Å². The van der Waals surface area contributed by atoms with E-state index >= 15 is 0 Å². The second-order valence-corrected chi connectivity index (χ2v) is 11.3. The summed E-state index contributed by atoms with van der Waals surface area (Å²) >= 11 is 4.66. The van der Waals surface area contributed by atoms with E-state index in [1.807, 2.05) is 0 Å². The van der Waals surface area contributed by atoms with E-state index in [1.54, 1.807) is 0 Å². The molecule has 27 heavy (non-hydrogen) atoms. The van der Waals surface area contributed by atoms with Crippen LogP contribution in [0.4, 0.5) is 0 Å². The predicted octanol–water partition coefficient (Wildman–Crippen LogP) is 5.20. The first-order valence-corrected chi connectivity index (χ1v) is 11.9. The van der Waals surface area contributed by atoms with Crippen LogP contribution in [0.5, 0.6) is 0 Å². The van der Waals surface area contributed by atoms with Gasteiger partial charge in [-0.3, -0.25) is 0 Å². The third-order valence-corrected chi connectivity index (χ3v) is 10.3. The van der Waals surface area contributed by atoms with E-state index in [2.05, 4.69) is 128 Å². The maximum absolute atomic E-state index is 4.66. The van der Waals surface area contributed by atoms with E-state index in [1.165, 1.54) is 21.5 Å². The fourth-order valence-electron chi connectivity index (χ4n) is 3.92. The van der Waals surface area contributed by atoms with Crippen LogP contribution in [0, 0.1) is 0 Å². The predicted molar refractivity (Wildman–Crippen MR) is 124 cm³/mol. The molecule has 0 saturated carbocycles. The standard InChI is InChI=1S/C25H23PS/c27-25-18-10-17-24(19-25)26(22-13-6-2-7-14-22,23-15-8-3-9-16-23)20-21-11-4-1-5-12-21/h1-19,26-27H,20H2. The van der Waals surface area contributed by atoms with Gasteiger partial charge in [0.15, 0.2) is 0 Å². The number of hydrogen-bond donors (Lipinski definition) is 1. The SMILES string of the molecule is Sc1cccc([PH](Cc2ccccc2)(c2ccccc2)c2ccccc2)c1.